The summed E-state index contributed by atoms with van der Waals surface area (Å²) >= 11 is 11.8. The van der Waals surface area contributed by atoms with Crippen molar-refractivity contribution in [3.8, 4) is 0 Å². The van der Waals surface area contributed by atoms with Gasteiger partial charge in [0.2, 0.25) is 0 Å². The van der Waals surface area contributed by atoms with Gasteiger partial charge in [0.15, 0.2) is 5.65 Å². The molecule has 0 amide bonds. The Morgan fingerprint density at radius 2 is 2.16 bits per heavy atom. The molecule has 0 unspecified atom stereocenters. The quantitative estimate of drug-likeness (QED) is 0.534. The smallest absolute Gasteiger partial charge is 0.343 e. The van der Waals surface area contributed by atoms with Crippen molar-refractivity contribution in [3.63, 3.8) is 0 Å². The average molecular weight is 383 g/mol. The number of hydrogen-bond acceptors (Lipinski definition) is 5. The molecule has 0 spiro atoms. The Balaban J connectivity index is 1.92. The van der Waals surface area contributed by atoms with Gasteiger partial charge in [0.25, 0.3) is 0 Å². The Bertz CT molecular complexity index is 945. The lowest BCUT2D eigenvalue weighted by atomic mass is 10.2. The van der Waals surface area contributed by atoms with E-state index in [2.05, 4.69) is 15.4 Å². The zero-order valence-corrected chi connectivity index (χ0v) is 14.6. The first kappa shape index (κ1) is 17.4. The molecule has 0 fully saturated rings. The van der Waals surface area contributed by atoms with E-state index in [0.717, 1.165) is 0 Å². The van der Waals surface area contributed by atoms with E-state index >= 15 is 0 Å². The Morgan fingerprint density at radius 3 is 2.88 bits per heavy atom. The lowest BCUT2D eigenvalue weighted by molar-refractivity contribution is 0.0528. The molecule has 0 saturated heterocycles. The molecule has 0 aliphatic carbocycles. The minimum absolute atomic E-state index is 0.164. The molecule has 0 radical (unpaired) electrons. The Hall–Kier alpha value is -2.38. The zero-order valence-electron chi connectivity index (χ0n) is 13.1. The van der Waals surface area contributed by atoms with E-state index in [9.17, 15) is 9.18 Å². The van der Waals surface area contributed by atoms with Gasteiger partial charge in [-0.15, -0.1) is 0 Å². The maximum absolute atomic E-state index is 13.9. The van der Waals surface area contributed by atoms with Gasteiger partial charge >= 0.3 is 5.97 Å². The summed E-state index contributed by atoms with van der Waals surface area (Å²) < 4.78 is 20.3. The maximum atomic E-state index is 13.9. The average Bonchev–Trinajstić information content (AvgIpc) is 2.98. The number of hydrogen-bond donors (Lipinski definition) is 1. The van der Waals surface area contributed by atoms with E-state index in [1.165, 1.54) is 22.8 Å². The van der Waals surface area contributed by atoms with Crippen LogP contribution in [-0.4, -0.2) is 27.2 Å². The number of fused-ring (bicyclic) bond motifs is 1. The molecule has 0 aliphatic rings. The van der Waals surface area contributed by atoms with Gasteiger partial charge in [-0.2, -0.15) is 9.61 Å². The van der Waals surface area contributed by atoms with E-state index in [0.29, 0.717) is 16.4 Å². The van der Waals surface area contributed by atoms with Crippen molar-refractivity contribution in [2.75, 3.05) is 11.9 Å². The molecule has 1 aromatic carbocycles. The number of anilines is 1. The molecule has 130 valence electrons. The third-order valence-electron chi connectivity index (χ3n) is 3.41. The second-order valence-electron chi connectivity index (χ2n) is 5.07. The monoisotopic (exact) mass is 382 g/mol. The topological polar surface area (TPSA) is 68.5 Å². The number of aromatic nitrogens is 3. The lowest BCUT2D eigenvalue weighted by Crippen LogP contribution is -2.09. The summed E-state index contributed by atoms with van der Waals surface area (Å²) in [5.41, 5.74) is 0.873. The predicted octanol–water partition coefficient (Wildman–Crippen LogP) is 3.96. The minimum Gasteiger partial charge on any atom is -0.462 e. The number of carbonyl (C=O) groups is 1. The third-order valence-corrected chi connectivity index (χ3v) is 3.84. The minimum atomic E-state index is -0.540. The summed E-state index contributed by atoms with van der Waals surface area (Å²) in [6.07, 6.45) is 1.35. The maximum Gasteiger partial charge on any atom is 0.343 e. The fraction of sp³-hybridized carbons (Fsp3) is 0.188. The summed E-state index contributed by atoms with van der Waals surface area (Å²) in [4.78, 5) is 16.1. The molecule has 2 heterocycles. The van der Waals surface area contributed by atoms with Crippen LogP contribution >= 0.6 is 23.2 Å². The molecule has 25 heavy (non-hydrogen) atoms. The molecule has 0 bridgehead atoms. The summed E-state index contributed by atoms with van der Waals surface area (Å²) in [7, 11) is 0. The second kappa shape index (κ2) is 7.25. The molecule has 2 aromatic heterocycles. The number of esters is 1. The third kappa shape index (κ3) is 3.67. The zero-order chi connectivity index (χ0) is 18.0. The highest BCUT2D eigenvalue weighted by Crippen LogP contribution is 2.21. The fourth-order valence-electron chi connectivity index (χ4n) is 2.26. The number of nitrogens with zero attached hydrogens (tertiary/aromatic N) is 3. The van der Waals surface area contributed by atoms with Crippen LogP contribution in [0, 0.1) is 5.82 Å². The molecule has 0 aliphatic heterocycles. The van der Waals surface area contributed by atoms with E-state index in [1.807, 2.05) is 0 Å². The largest absolute Gasteiger partial charge is 0.462 e. The van der Waals surface area contributed by atoms with Crippen molar-refractivity contribution in [1.29, 1.82) is 0 Å². The van der Waals surface area contributed by atoms with Gasteiger partial charge in [-0.1, -0.05) is 29.3 Å². The van der Waals surface area contributed by atoms with Crippen LogP contribution < -0.4 is 5.32 Å². The first-order chi connectivity index (χ1) is 12.0. The highest BCUT2D eigenvalue weighted by Gasteiger charge is 2.18. The Labute approximate surface area is 152 Å². The molecule has 6 nitrogen and oxygen atoms in total. The van der Waals surface area contributed by atoms with Crippen LogP contribution in [0.25, 0.3) is 5.65 Å². The van der Waals surface area contributed by atoms with Crippen LogP contribution in [-0.2, 0) is 11.3 Å². The second-order valence-corrected chi connectivity index (χ2v) is 5.89. The van der Waals surface area contributed by atoms with Crippen molar-refractivity contribution in [2.24, 2.45) is 0 Å². The van der Waals surface area contributed by atoms with Gasteiger partial charge in [-0.3, -0.25) is 0 Å². The number of benzene rings is 1. The molecule has 0 saturated carbocycles. The Morgan fingerprint density at radius 1 is 1.36 bits per heavy atom. The molecule has 9 heteroatoms. The Kier molecular flexibility index (Phi) is 5.06. The lowest BCUT2D eigenvalue weighted by Gasteiger charge is -2.10. The van der Waals surface area contributed by atoms with E-state index < -0.39 is 11.8 Å². The number of halogens is 3. The highest BCUT2D eigenvalue weighted by molar-refractivity contribution is 6.30. The SMILES string of the molecule is CCOC(=O)c1cnn2c(NCc3ccc(Cl)cc3F)cc(Cl)nc12. The van der Waals surface area contributed by atoms with Gasteiger partial charge in [-0.25, -0.2) is 14.2 Å². The number of carbonyl (C=O) groups excluding carboxylic acids is 1. The molecule has 1 N–H and O–H groups in total. The first-order valence-corrected chi connectivity index (χ1v) is 8.14. The van der Waals surface area contributed by atoms with Crippen molar-refractivity contribution in [1.82, 2.24) is 14.6 Å². The number of ether oxygens (including phenoxy) is 1. The molecule has 3 aromatic rings. The number of rotatable bonds is 5. The van der Waals surface area contributed by atoms with Gasteiger partial charge in [0.05, 0.1) is 12.8 Å². The van der Waals surface area contributed by atoms with Crippen molar-refractivity contribution < 1.29 is 13.9 Å². The molecular formula is C16H13Cl2FN4O2. The van der Waals surface area contributed by atoms with Crippen LogP contribution in [0.1, 0.15) is 22.8 Å². The van der Waals surface area contributed by atoms with Crippen molar-refractivity contribution in [2.45, 2.75) is 13.5 Å². The fourth-order valence-corrected chi connectivity index (χ4v) is 2.61. The van der Waals surface area contributed by atoms with Gasteiger partial charge in [0, 0.05) is 23.2 Å². The highest BCUT2D eigenvalue weighted by atomic mass is 35.5. The predicted molar refractivity (Wildman–Crippen MR) is 92.7 cm³/mol. The van der Waals surface area contributed by atoms with E-state index in [-0.39, 0.29) is 29.5 Å². The van der Waals surface area contributed by atoms with Crippen LogP contribution in [0.15, 0.2) is 30.5 Å². The summed E-state index contributed by atoms with van der Waals surface area (Å²) in [5.74, 6) is -0.508. The van der Waals surface area contributed by atoms with Crippen molar-refractivity contribution >= 4 is 40.6 Å². The number of nitrogens with one attached hydrogen (secondary N) is 1. The summed E-state index contributed by atoms with van der Waals surface area (Å²) in [6, 6.07) is 5.95. The standard InChI is InChI=1S/C16H13Cl2FN4O2/c1-2-25-16(24)11-8-21-23-14(6-13(18)22-15(11)23)20-7-9-3-4-10(17)5-12(9)19/h3-6,8,20H,2,7H2,1H3. The van der Waals surface area contributed by atoms with Crippen molar-refractivity contribution in [3.05, 3.63) is 57.6 Å². The van der Waals surface area contributed by atoms with Crippen LogP contribution in [0.3, 0.4) is 0 Å². The molecule has 3 rings (SSSR count). The van der Waals surface area contributed by atoms with E-state index in [1.54, 1.807) is 19.1 Å². The van der Waals surface area contributed by atoms with E-state index in [4.69, 9.17) is 27.9 Å². The van der Waals surface area contributed by atoms with Crippen LogP contribution in [0.5, 0.6) is 0 Å². The van der Waals surface area contributed by atoms with Crippen LogP contribution in [0.2, 0.25) is 10.2 Å². The normalized spacial score (nSPS) is 10.9. The summed E-state index contributed by atoms with van der Waals surface area (Å²) in [5, 5.41) is 7.64. The van der Waals surface area contributed by atoms with Gasteiger partial charge < -0.3 is 10.1 Å². The first-order valence-electron chi connectivity index (χ1n) is 7.38. The molecular weight excluding hydrogens is 370 g/mol. The van der Waals surface area contributed by atoms with Crippen LogP contribution in [0.4, 0.5) is 10.2 Å². The molecule has 0 atom stereocenters. The van der Waals surface area contributed by atoms with Gasteiger partial charge in [0.1, 0.15) is 22.4 Å². The van der Waals surface area contributed by atoms with Gasteiger partial charge in [-0.05, 0) is 19.1 Å². The summed E-state index contributed by atoms with van der Waals surface area (Å²) in [6.45, 7) is 2.11.